The van der Waals surface area contributed by atoms with E-state index < -0.39 is 5.97 Å². The molecule has 4 aromatic rings. The summed E-state index contributed by atoms with van der Waals surface area (Å²) in [5.74, 6) is 2.36. The minimum atomic E-state index is -0.561. The molecule has 4 saturated carbocycles. The number of hydrogen-bond acceptors (Lipinski definition) is 4. The highest BCUT2D eigenvalue weighted by molar-refractivity contribution is 5.99. The van der Waals surface area contributed by atoms with Crippen molar-refractivity contribution < 1.29 is 23.8 Å². The summed E-state index contributed by atoms with van der Waals surface area (Å²) in [5, 5.41) is 12.8. The Balaban J connectivity index is 1.35. The number of methoxy groups -OCH3 is 1. The number of aromatic hydroxyl groups is 1. The molecule has 0 unspecified atom stereocenters. The Labute approximate surface area is 233 Å². The van der Waals surface area contributed by atoms with Crippen LogP contribution in [0.3, 0.4) is 0 Å². The van der Waals surface area contributed by atoms with E-state index in [1.165, 1.54) is 63.3 Å². The normalized spacial score (nSPS) is 24.8. The average Bonchev–Trinajstić information content (AvgIpc) is 2.95. The zero-order chi connectivity index (χ0) is 27.4. The van der Waals surface area contributed by atoms with Gasteiger partial charge in [0.2, 0.25) is 0 Å². The topological polar surface area (TPSA) is 55.8 Å². The highest BCUT2D eigenvalue weighted by Crippen LogP contribution is 2.62. The van der Waals surface area contributed by atoms with Gasteiger partial charge in [0.25, 0.3) is 0 Å². The van der Waals surface area contributed by atoms with Gasteiger partial charge in [-0.1, -0.05) is 36.4 Å². The van der Waals surface area contributed by atoms with E-state index in [4.69, 9.17) is 9.47 Å². The highest BCUT2D eigenvalue weighted by atomic mass is 19.1. The first kappa shape index (κ1) is 25.1. The van der Waals surface area contributed by atoms with Crippen molar-refractivity contribution in [3.05, 3.63) is 95.3 Å². The first-order chi connectivity index (χ1) is 19.4. The lowest BCUT2D eigenvalue weighted by Crippen LogP contribution is -2.48. The van der Waals surface area contributed by atoms with E-state index in [9.17, 15) is 14.3 Å². The molecule has 0 heterocycles. The molecule has 1 N–H and O–H groups in total. The van der Waals surface area contributed by atoms with Crippen molar-refractivity contribution in [2.24, 2.45) is 17.8 Å². The maximum atomic E-state index is 13.5. The van der Waals surface area contributed by atoms with Crippen molar-refractivity contribution in [3.8, 4) is 22.6 Å². The van der Waals surface area contributed by atoms with Crippen molar-refractivity contribution in [2.75, 3.05) is 7.11 Å². The third-order valence-corrected chi connectivity index (χ3v) is 9.61. The number of carbonyl (C=O) groups is 1. The number of esters is 1. The molecule has 4 aromatic carbocycles. The molecule has 0 radical (unpaired) electrons. The third-order valence-electron chi connectivity index (χ3n) is 9.61. The van der Waals surface area contributed by atoms with Crippen molar-refractivity contribution in [3.63, 3.8) is 0 Å². The molecule has 40 heavy (non-hydrogen) atoms. The molecule has 0 aromatic heterocycles. The first-order valence-corrected chi connectivity index (χ1v) is 14.3. The van der Waals surface area contributed by atoms with E-state index in [1.54, 1.807) is 24.3 Å². The van der Waals surface area contributed by atoms with Gasteiger partial charge in [-0.15, -0.1) is 0 Å². The number of carbonyl (C=O) groups excluding carboxylic acids is 1. The minimum absolute atomic E-state index is 0.0955. The lowest BCUT2D eigenvalue weighted by atomic mass is 9.48. The fourth-order valence-corrected chi connectivity index (χ4v) is 8.25. The Morgan fingerprint density at radius 3 is 2.27 bits per heavy atom. The van der Waals surface area contributed by atoms with Crippen LogP contribution in [0.25, 0.3) is 21.9 Å². The predicted octanol–water partition coefficient (Wildman–Crippen LogP) is 8.18. The number of halogens is 1. The van der Waals surface area contributed by atoms with E-state index >= 15 is 0 Å². The van der Waals surface area contributed by atoms with Crippen LogP contribution < -0.4 is 4.74 Å². The molecule has 0 atom stereocenters. The highest BCUT2D eigenvalue weighted by Gasteiger charge is 2.52. The predicted molar refractivity (Wildman–Crippen MR) is 153 cm³/mol. The van der Waals surface area contributed by atoms with Crippen molar-refractivity contribution in [2.45, 2.75) is 50.5 Å². The van der Waals surface area contributed by atoms with Crippen LogP contribution >= 0.6 is 0 Å². The summed E-state index contributed by atoms with van der Waals surface area (Å²) >= 11 is 0. The van der Waals surface area contributed by atoms with Crippen LogP contribution in [0.1, 0.15) is 60.0 Å². The summed E-state index contributed by atoms with van der Waals surface area (Å²) in [6.45, 7) is 0.383. The fraction of sp³-hybridized carbons (Fsp3) is 0.343. The molecule has 0 saturated heterocycles. The molecule has 4 bridgehead atoms. The summed E-state index contributed by atoms with van der Waals surface area (Å²) in [5.41, 5.74) is 4.31. The average molecular weight is 537 g/mol. The third kappa shape index (κ3) is 4.32. The Bertz CT molecular complexity index is 1570. The SMILES string of the molecule is COC(=O)c1ccc(-c2cccc3cc(OCc4ccc(F)cc4)c(C45CC6CC(CC(C6)C4)C5)cc23)cc1O. The summed E-state index contributed by atoms with van der Waals surface area (Å²) < 4.78 is 24.9. The fourth-order valence-electron chi connectivity index (χ4n) is 8.25. The molecule has 204 valence electrons. The second kappa shape index (κ2) is 9.65. The Kier molecular flexibility index (Phi) is 6.06. The van der Waals surface area contributed by atoms with Crippen LogP contribution in [0.4, 0.5) is 4.39 Å². The summed E-state index contributed by atoms with van der Waals surface area (Å²) in [7, 11) is 1.31. The standard InChI is InChI=1S/C35H33FO4/c1-39-34(38)29-10-7-26(14-32(29)37)28-4-2-3-25-15-33(40-20-21-5-8-27(36)9-6-21)31(16-30(25)28)35-17-22-11-23(18-35)13-24(12-22)19-35/h2-10,14-16,22-24,37H,11-13,17-20H2,1H3. The molecule has 0 spiro atoms. The largest absolute Gasteiger partial charge is 0.507 e. The lowest BCUT2D eigenvalue weighted by molar-refractivity contribution is -0.00640. The molecule has 8 rings (SSSR count). The monoisotopic (exact) mass is 536 g/mol. The molecule has 4 nitrogen and oxygen atoms in total. The zero-order valence-corrected chi connectivity index (χ0v) is 22.7. The van der Waals surface area contributed by atoms with Crippen LogP contribution in [-0.4, -0.2) is 18.2 Å². The summed E-state index contributed by atoms with van der Waals surface area (Å²) in [4.78, 5) is 12.0. The summed E-state index contributed by atoms with van der Waals surface area (Å²) in [6.07, 6.45) is 7.68. The minimum Gasteiger partial charge on any atom is -0.507 e. The smallest absolute Gasteiger partial charge is 0.341 e. The van der Waals surface area contributed by atoms with Crippen LogP contribution in [-0.2, 0) is 16.8 Å². The number of fused-ring (bicyclic) bond motifs is 1. The van der Waals surface area contributed by atoms with Gasteiger partial charge in [0.15, 0.2) is 0 Å². The Morgan fingerprint density at radius 1 is 0.925 bits per heavy atom. The van der Waals surface area contributed by atoms with E-state index in [1.807, 2.05) is 12.1 Å². The van der Waals surface area contributed by atoms with Gasteiger partial charge in [0.1, 0.15) is 29.5 Å². The number of hydrogen-bond donors (Lipinski definition) is 1. The number of phenols is 1. The van der Waals surface area contributed by atoms with Crippen molar-refractivity contribution in [1.29, 1.82) is 0 Å². The van der Waals surface area contributed by atoms with Gasteiger partial charge in [-0.3, -0.25) is 0 Å². The molecule has 0 amide bonds. The van der Waals surface area contributed by atoms with Crippen molar-refractivity contribution >= 4 is 16.7 Å². The Hall–Kier alpha value is -3.86. The zero-order valence-electron chi connectivity index (χ0n) is 22.7. The van der Waals surface area contributed by atoms with Crippen LogP contribution in [0.2, 0.25) is 0 Å². The number of phenolic OH excluding ortho intramolecular Hbond substituents is 1. The second-order valence-electron chi connectivity index (χ2n) is 12.2. The van der Waals surface area contributed by atoms with Gasteiger partial charge in [0, 0.05) is 5.56 Å². The van der Waals surface area contributed by atoms with Gasteiger partial charge < -0.3 is 14.6 Å². The maximum Gasteiger partial charge on any atom is 0.341 e. The molecular weight excluding hydrogens is 503 g/mol. The quantitative estimate of drug-likeness (QED) is 0.253. The maximum absolute atomic E-state index is 13.5. The van der Waals surface area contributed by atoms with Crippen molar-refractivity contribution in [1.82, 2.24) is 0 Å². The molecule has 4 aliphatic rings. The number of benzene rings is 4. The number of rotatable bonds is 6. The van der Waals surface area contributed by atoms with Crippen LogP contribution in [0, 0.1) is 23.6 Å². The van der Waals surface area contributed by atoms with Crippen LogP contribution in [0.15, 0.2) is 72.8 Å². The second-order valence-corrected chi connectivity index (χ2v) is 12.2. The molecule has 4 aliphatic carbocycles. The van der Waals surface area contributed by atoms with Crippen LogP contribution in [0.5, 0.6) is 11.5 Å². The van der Waals surface area contributed by atoms with E-state index in [0.717, 1.165) is 51.0 Å². The lowest BCUT2D eigenvalue weighted by Gasteiger charge is -2.57. The van der Waals surface area contributed by atoms with Gasteiger partial charge in [-0.25, -0.2) is 9.18 Å². The molecular formula is C35H33FO4. The van der Waals surface area contributed by atoms with E-state index in [-0.39, 0.29) is 22.5 Å². The van der Waals surface area contributed by atoms with Gasteiger partial charge in [-0.2, -0.15) is 0 Å². The Morgan fingerprint density at radius 2 is 1.62 bits per heavy atom. The van der Waals surface area contributed by atoms with Gasteiger partial charge >= 0.3 is 5.97 Å². The van der Waals surface area contributed by atoms with E-state index in [2.05, 4.69) is 24.3 Å². The molecule has 0 aliphatic heterocycles. The number of ether oxygens (including phenoxy) is 2. The molecule has 4 fully saturated rings. The van der Waals surface area contributed by atoms with E-state index in [0.29, 0.717) is 6.61 Å². The van der Waals surface area contributed by atoms with Gasteiger partial charge in [-0.05, 0) is 126 Å². The first-order valence-electron chi connectivity index (χ1n) is 14.3. The summed E-state index contributed by atoms with van der Waals surface area (Å²) in [6, 6.07) is 22.3. The molecule has 5 heteroatoms. The van der Waals surface area contributed by atoms with Gasteiger partial charge in [0.05, 0.1) is 7.11 Å².